The number of fused-ring (bicyclic) bond motifs is 1. The van der Waals surface area contributed by atoms with Gasteiger partial charge in [0.05, 0.1) is 6.26 Å². The predicted molar refractivity (Wildman–Crippen MR) is 99.6 cm³/mol. The molecule has 2 aliphatic rings. The molecule has 27 heavy (non-hydrogen) atoms. The summed E-state index contributed by atoms with van der Waals surface area (Å²) in [5.74, 6) is 0.934. The SMILES string of the molecule is O=C(Cn1nc(-c2ccco2)n(C2CC2)c1=O)N1CCCc2ccccc21. The van der Waals surface area contributed by atoms with Crippen LogP contribution in [0.3, 0.4) is 0 Å². The Bertz CT molecular complexity index is 1040. The Morgan fingerprint density at radius 2 is 2.04 bits per heavy atom. The van der Waals surface area contributed by atoms with Crippen molar-refractivity contribution in [3.8, 4) is 11.6 Å². The fourth-order valence-corrected chi connectivity index (χ4v) is 3.77. The summed E-state index contributed by atoms with van der Waals surface area (Å²) in [5, 5.41) is 4.43. The number of carbonyl (C=O) groups excluding carboxylic acids is 1. The van der Waals surface area contributed by atoms with Gasteiger partial charge in [-0.3, -0.25) is 9.36 Å². The van der Waals surface area contributed by atoms with Crippen molar-refractivity contribution in [2.24, 2.45) is 0 Å². The molecule has 0 saturated heterocycles. The van der Waals surface area contributed by atoms with Crippen molar-refractivity contribution in [1.29, 1.82) is 0 Å². The summed E-state index contributed by atoms with van der Waals surface area (Å²) in [7, 11) is 0. The van der Waals surface area contributed by atoms with Gasteiger partial charge >= 0.3 is 5.69 Å². The number of amides is 1. The fraction of sp³-hybridized carbons (Fsp3) is 0.350. The van der Waals surface area contributed by atoms with Gasteiger partial charge in [0.25, 0.3) is 0 Å². The smallest absolute Gasteiger partial charge is 0.347 e. The molecule has 1 aliphatic carbocycles. The van der Waals surface area contributed by atoms with E-state index in [1.165, 1.54) is 10.2 Å². The van der Waals surface area contributed by atoms with Crippen LogP contribution in [0.25, 0.3) is 11.6 Å². The highest BCUT2D eigenvalue weighted by molar-refractivity contribution is 5.94. The molecule has 1 aromatic carbocycles. The number of aryl methyl sites for hydroxylation is 1. The van der Waals surface area contributed by atoms with Gasteiger partial charge in [-0.1, -0.05) is 18.2 Å². The number of hydrogen-bond acceptors (Lipinski definition) is 4. The maximum Gasteiger partial charge on any atom is 0.347 e. The number of carbonyl (C=O) groups is 1. The molecule has 1 aliphatic heterocycles. The first-order chi connectivity index (χ1) is 13.2. The van der Waals surface area contributed by atoms with Crippen molar-refractivity contribution in [3.05, 3.63) is 58.7 Å². The van der Waals surface area contributed by atoms with Gasteiger partial charge in [0.2, 0.25) is 11.7 Å². The average Bonchev–Trinajstić information content (AvgIpc) is 3.27. The highest BCUT2D eigenvalue weighted by Crippen LogP contribution is 2.36. The van der Waals surface area contributed by atoms with E-state index < -0.39 is 0 Å². The zero-order chi connectivity index (χ0) is 18.4. The molecule has 0 spiro atoms. The molecule has 0 atom stereocenters. The monoisotopic (exact) mass is 364 g/mol. The Hall–Kier alpha value is -3.09. The molecule has 3 heterocycles. The van der Waals surface area contributed by atoms with Crippen molar-refractivity contribution in [1.82, 2.24) is 14.3 Å². The minimum absolute atomic E-state index is 0.0689. The maximum atomic E-state index is 13.0. The summed E-state index contributed by atoms with van der Waals surface area (Å²) < 4.78 is 8.38. The molecule has 1 amide bonds. The van der Waals surface area contributed by atoms with Gasteiger partial charge in [-0.15, -0.1) is 5.10 Å². The molecule has 7 nitrogen and oxygen atoms in total. The Morgan fingerprint density at radius 3 is 2.81 bits per heavy atom. The number of hydrogen-bond donors (Lipinski definition) is 0. The van der Waals surface area contributed by atoms with Crippen molar-refractivity contribution in [2.45, 2.75) is 38.3 Å². The van der Waals surface area contributed by atoms with Gasteiger partial charge in [-0.2, -0.15) is 0 Å². The van der Waals surface area contributed by atoms with Crippen LogP contribution in [-0.2, 0) is 17.8 Å². The lowest BCUT2D eigenvalue weighted by Crippen LogP contribution is -2.40. The van der Waals surface area contributed by atoms with Crippen LogP contribution in [0.2, 0.25) is 0 Å². The number of aromatic nitrogens is 3. The van der Waals surface area contributed by atoms with Crippen LogP contribution in [0.15, 0.2) is 51.9 Å². The first-order valence-electron chi connectivity index (χ1n) is 9.34. The van der Waals surface area contributed by atoms with E-state index in [4.69, 9.17) is 4.42 Å². The van der Waals surface area contributed by atoms with Gasteiger partial charge in [-0.05, 0) is 49.4 Å². The fourth-order valence-electron chi connectivity index (χ4n) is 3.77. The second kappa shape index (κ2) is 6.26. The number of para-hydroxylation sites is 1. The predicted octanol–water partition coefficient (Wildman–Crippen LogP) is 2.62. The quantitative estimate of drug-likeness (QED) is 0.713. The van der Waals surface area contributed by atoms with E-state index in [1.807, 2.05) is 18.2 Å². The van der Waals surface area contributed by atoms with Crippen molar-refractivity contribution in [3.63, 3.8) is 0 Å². The van der Waals surface area contributed by atoms with Gasteiger partial charge in [0.15, 0.2) is 5.76 Å². The molecule has 0 N–H and O–H groups in total. The molecular formula is C20H20N4O3. The number of benzene rings is 1. The molecule has 1 saturated carbocycles. The molecule has 138 valence electrons. The molecular weight excluding hydrogens is 344 g/mol. The van der Waals surface area contributed by atoms with Crippen LogP contribution in [0.1, 0.15) is 30.9 Å². The zero-order valence-corrected chi connectivity index (χ0v) is 14.9. The van der Waals surface area contributed by atoms with Crippen LogP contribution < -0.4 is 10.6 Å². The lowest BCUT2D eigenvalue weighted by Gasteiger charge is -2.29. The first-order valence-corrected chi connectivity index (χ1v) is 9.34. The largest absolute Gasteiger partial charge is 0.461 e. The Morgan fingerprint density at radius 1 is 1.19 bits per heavy atom. The van der Waals surface area contributed by atoms with Crippen molar-refractivity contribution >= 4 is 11.6 Å². The van der Waals surface area contributed by atoms with Gasteiger partial charge in [0.1, 0.15) is 6.54 Å². The molecule has 0 unspecified atom stereocenters. The summed E-state index contributed by atoms with van der Waals surface area (Å²) in [5.41, 5.74) is 1.86. The van der Waals surface area contributed by atoms with E-state index in [0.29, 0.717) is 18.1 Å². The number of anilines is 1. The van der Waals surface area contributed by atoms with Crippen molar-refractivity contribution < 1.29 is 9.21 Å². The highest BCUT2D eigenvalue weighted by Gasteiger charge is 2.32. The van der Waals surface area contributed by atoms with Crippen LogP contribution >= 0.6 is 0 Å². The molecule has 0 radical (unpaired) electrons. The molecule has 7 heteroatoms. The first kappa shape index (κ1) is 16.1. The molecule has 3 aromatic rings. The third-order valence-electron chi connectivity index (χ3n) is 5.22. The summed E-state index contributed by atoms with van der Waals surface area (Å²) in [4.78, 5) is 27.6. The van der Waals surface area contributed by atoms with E-state index in [9.17, 15) is 9.59 Å². The summed E-state index contributed by atoms with van der Waals surface area (Å²) in [6, 6.07) is 11.7. The summed E-state index contributed by atoms with van der Waals surface area (Å²) >= 11 is 0. The topological polar surface area (TPSA) is 73.3 Å². The molecule has 5 rings (SSSR count). The molecule has 1 fully saturated rings. The van der Waals surface area contributed by atoms with Crippen LogP contribution in [0, 0.1) is 0 Å². The van der Waals surface area contributed by atoms with Crippen LogP contribution in [0.5, 0.6) is 0 Å². The standard InChI is InChI=1S/C20H20N4O3/c25-18(22-11-3-6-14-5-1-2-7-16(14)22)13-23-20(26)24(15-9-10-15)19(21-23)17-8-4-12-27-17/h1-2,4-5,7-8,12,15H,3,6,9-11,13H2. The normalized spacial score (nSPS) is 16.4. The van der Waals surface area contributed by atoms with Gasteiger partial charge in [0, 0.05) is 18.3 Å². The Kier molecular flexibility index (Phi) is 3.74. The third kappa shape index (κ3) is 2.79. The molecule has 0 bridgehead atoms. The number of nitrogens with zero attached hydrogens (tertiary/aromatic N) is 4. The minimum atomic E-state index is -0.248. The van der Waals surface area contributed by atoms with E-state index in [-0.39, 0.29) is 24.2 Å². The van der Waals surface area contributed by atoms with E-state index in [2.05, 4.69) is 11.2 Å². The van der Waals surface area contributed by atoms with Gasteiger partial charge < -0.3 is 9.32 Å². The Balaban J connectivity index is 1.47. The third-order valence-corrected chi connectivity index (χ3v) is 5.22. The summed E-state index contributed by atoms with van der Waals surface area (Å²) in [6.07, 6.45) is 5.36. The van der Waals surface area contributed by atoms with Crippen LogP contribution in [0.4, 0.5) is 5.69 Å². The van der Waals surface area contributed by atoms with Gasteiger partial charge in [-0.25, -0.2) is 9.48 Å². The second-order valence-electron chi connectivity index (χ2n) is 7.12. The minimum Gasteiger partial charge on any atom is -0.461 e. The average molecular weight is 364 g/mol. The maximum absolute atomic E-state index is 13.0. The number of furan rings is 1. The lowest BCUT2D eigenvalue weighted by molar-refractivity contribution is -0.119. The number of rotatable bonds is 4. The lowest BCUT2D eigenvalue weighted by atomic mass is 10.0. The van der Waals surface area contributed by atoms with E-state index in [1.54, 1.807) is 27.9 Å². The van der Waals surface area contributed by atoms with E-state index >= 15 is 0 Å². The summed E-state index contributed by atoms with van der Waals surface area (Å²) in [6.45, 7) is 0.597. The van der Waals surface area contributed by atoms with Crippen LogP contribution in [-0.4, -0.2) is 26.8 Å². The van der Waals surface area contributed by atoms with E-state index in [0.717, 1.165) is 31.4 Å². The second-order valence-corrected chi connectivity index (χ2v) is 7.12. The molecule has 2 aromatic heterocycles. The Labute approximate surface area is 155 Å². The zero-order valence-electron chi connectivity index (χ0n) is 14.9. The van der Waals surface area contributed by atoms with Crippen molar-refractivity contribution in [2.75, 3.05) is 11.4 Å². The highest BCUT2D eigenvalue weighted by atomic mass is 16.3.